The Hall–Kier alpha value is -0.650. The fourth-order valence-electron chi connectivity index (χ4n) is 1.81. The normalized spacial score (nSPS) is 25.8. The first-order valence-electron chi connectivity index (χ1n) is 5.81. The molecule has 1 heterocycles. The molecule has 0 aromatic rings. The minimum absolute atomic E-state index is 0.0485. The molecule has 1 aliphatic heterocycles. The van der Waals surface area contributed by atoms with Crippen molar-refractivity contribution in [3.63, 3.8) is 0 Å². The van der Waals surface area contributed by atoms with Crippen LogP contribution in [0.4, 0.5) is 0 Å². The quantitative estimate of drug-likeness (QED) is 0.641. The van der Waals surface area contributed by atoms with Crippen LogP contribution in [-0.4, -0.2) is 59.5 Å². The maximum absolute atomic E-state index is 11.9. The molecule has 0 aromatic heterocycles. The number of carbonyl (C=O) groups excluding carboxylic acids is 1. The lowest BCUT2D eigenvalue weighted by molar-refractivity contribution is -0.146. The predicted octanol–water partition coefficient (Wildman–Crippen LogP) is -0.243. The number of ether oxygens (including phenoxy) is 1. The van der Waals surface area contributed by atoms with E-state index in [9.17, 15) is 4.79 Å². The van der Waals surface area contributed by atoms with Gasteiger partial charge < -0.3 is 19.8 Å². The summed E-state index contributed by atoms with van der Waals surface area (Å²) in [6.45, 7) is 2.97. The van der Waals surface area contributed by atoms with E-state index in [-0.39, 0.29) is 31.3 Å². The zero-order chi connectivity index (χ0) is 12.0. The van der Waals surface area contributed by atoms with Gasteiger partial charge in [-0.05, 0) is 19.8 Å². The van der Waals surface area contributed by atoms with E-state index in [0.29, 0.717) is 32.4 Å². The van der Waals surface area contributed by atoms with Crippen LogP contribution in [0.15, 0.2) is 0 Å². The van der Waals surface area contributed by atoms with Gasteiger partial charge in [0.25, 0.3) is 0 Å². The highest BCUT2D eigenvalue weighted by molar-refractivity contribution is 5.76. The third kappa shape index (κ3) is 3.73. The molecule has 5 nitrogen and oxygen atoms in total. The highest BCUT2D eigenvalue weighted by Crippen LogP contribution is 2.13. The van der Waals surface area contributed by atoms with Crippen molar-refractivity contribution in [3.8, 4) is 0 Å². The van der Waals surface area contributed by atoms with Crippen molar-refractivity contribution in [1.29, 1.82) is 0 Å². The van der Waals surface area contributed by atoms with Crippen molar-refractivity contribution in [3.05, 3.63) is 0 Å². The molecule has 2 atom stereocenters. The average molecular weight is 231 g/mol. The van der Waals surface area contributed by atoms with Gasteiger partial charge in [0.1, 0.15) is 0 Å². The van der Waals surface area contributed by atoms with Gasteiger partial charge in [-0.15, -0.1) is 0 Å². The summed E-state index contributed by atoms with van der Waals surface area (Å²) in [5, 5.41) is 17.6. The van der Waals surface area contributed by atoms with Crippen LogP contribution < -0.4 is 0 Å². The second-order valence-electron chi connectivity index (χ2n) is 4.21. The first kappa shape index (κ1) is 13.4. The Balaban J connectivity index is 2.39. The highest BCUT2D eigenvalue weighted by Gasteiger charge is 2.28. The maximum Gasteiger partial charge on any atom is 0.222 e. The van der Waals surface area contributed by atoms with Gasteiger partial charge in [-0.2, -0.15) is 0 Å². The standard InChI is InChI=1S/C11H21NO4/c1-9-8-16-10(7-14)6-12(9)11(15)4-2-3-5-13/h9-10,13-14H,2-8H2,1H3. The maximum atomic E-state index is 11.9. The molecule has 0 bridgehead atoms. The number of nitrogens with zero attached hydrogens (tertiary/aromatic N) is 1. The Kier molecular flexibility index (Phi) is 5.73. The molecule has 0 radical (unpaired) electrons. The van der Waals surface area contributed by atoms with Crippen molar-refractivity contribution in [2.45, 2.75) is 38.3 Å². The number of hydrogen-bond donors (Lipinski definition) is 2. The van der Waals surface area contributed by atoms with E-state index in [2.05, 4.69) is 0 Å². The average Bonchev–Trinajstić information content (AvgIpc) is 2.30. The van der Waals surface area contributed by atoms with E-state index < -0.39 is 0 Å². The SMILES string of the molecule is CC1COC(CO)CN1C(=O)CCCCO. The molecule has 1 fully saturated rings. The summed E-state index contributed by atoms with van der Waals surface area (Å²) in [4.78, 5) is 13.6. The molecule has 5 heteroatoms. The van der Waals surface area contributed by atoms with Crippen LogP contribution in [0.5, 0.6) is 0 Å². The zero-order valence-corrected chi connectivity index (χ0v) is 9.76. The Labute approximate surface area is 96.0 Å². The molecule has 0 aliphatic carbocycles. The van der Waals surface area contributed by atoms with Crippen molar-refractivity contribution in [1.82, 2.24) is 4.90 Å². The molecule has 1 saturated heterocycles. The topological polar surface area (TPSA) is 70.0 Å². The monoisotopic (exact) mass is 231 g/mol. The number of hydrogen-bond acceptors (Lipinski definition) is 4. The smallest absolute Gasteiger partial charge is 0.222 e. The third-order valence-corrected chi connectivity index (χ3v) is 2.83. The Morgan fingerprint density at radius 1 is 1.44 bits per heavy atom. The predicted molar refractivity (Wildman–Crippen MR) is 58.9 cm³/mol. The zero-order valence-electron chi connectivity index (χ0n) is 9.76. The fourth-order valence-corrected chi connectivity index (χ4v) is 1.81. The number of morpholine rings is 1. The summed E-state index contributed by atoms with van der Waals surface area (Å²) in [5.41, 5.74) is 0. The molecule has 1 rings (SSSR count). The number of aliphatic hydroxyl groups excluding tert-OH is 2. The summed E-state index contributed by atoms with van der Waals surface area (Å²) in [6, 6.07) is 0.0735. The van der Waals surface area contributed by atoms with Gasteiger partial charge in [0.15, 0.2) is 0 Å². The van der Waals surface area contributed by atoms with Gasteiger partial charge in [-0.1, -0.05) is 0 Å². The molecule has 1 aliphatic rings. The van der Waals surface area contributed by atoms with Crippen molar-refractivity contribution < 1.29 is 19.7 Å². The third-order valence-electron chi connectivity index (χ3n) is 2.83. The largest absolute Gasteiger partial charge is 0.396 e. The highest BCUT2D eigenvalue weighted by atomic mass is 16.5. The van der Waals surface area contributed by atoms with E-state index >= 15 is 0 Å². The second-order valence-corrected chi connectivity index (χ2v) is 4.21. The summed E-state index contributed by atoms with van der Waals surface area (Å²) < 4.78 is 5.36. The van der Waals surface area contributed by atoms with Crippen LogP contribution in [0.1, 0.15) is 26.2 Å². The van der Waals surface area contributed by atoms with Crippen LogP contribution in [-0.2, 0) is 9.53 Å². The van der Waals surface area contributed by atoms with Gasteiger partial charge >= 0.3 is 0 Å². The summed E-state index contributed by atoms with van der Waals surface area (Å²) >= 11 is 0. The van der Waals surface area contributed by atoms with Gasteiger partial charge in [0.2, 0.25) is 5.91 Å². The minimum atomic E-state index is -0.252. The number of amides is 1. The molecular formula is C11H21NO4. The number of carbonyl (C=O) groups is 1. The lowest BCUT2D eigenvalue weighted by Crippen LogP contribution is -2.51. The molecule has 0 aromatic carbocycles. The van der Waals surface area contributed by atoms with E-state index in [0.717, 1.165) is 0 Å². The van der Waals surface area contributed by atoms with E-state index in [1.807, 2.05) is 6.92 Å². The Morgan fingerprint density at radius 2 is 2.19 bits per heavy atom. The van der Waals surface area contributed by atoms with Crippen LogP contribution in [0, 0.1) is 0 Å². The van der Waals surface area contributed by atoms with Crippen LogP contribution >= 0.6 is 0 Å². The first-order valence-corrected chi connectivity index (χ1v) is 5.81. The first-order chi connectivity index (χ1) is 7.69. The van der Waals surface area contributed by atoms with Gasteiger partial charge in [-0.25, -0.2) is 0 Å². The summed E-state index contributed by atoms with van der Waals surface area (Å²) in [6.07, 6.45) is 1.58. The molecule has 2 N–H and O–H groups in total. The molecule has 0 spiro atoms. The molecule has 16 heavy (non-hydrogen) atoms. The molecule has 1 amide bonds. The van der Waals surface area contributed by atoms with E-state index in [4.69, 9.17) is 14.9 Å². The van der Waals surface area contributed by atoms with Crippen LogP contribution in [0.3, 0.4) is 0 Å². The van der Waals surface area contributed by atoms with Crippen molar-refractivity contribution >= 4 is 5.91 Å². The lowest BCUT2D eigenvalue weighted by atomic mass is 10.1. The van der Waals surface area contributed by atoms with E-state index in [1.165, 1.54) is 0 Å². The fraction of sp³-hybridized carbons (Fsp3) is 0.909. The van der Waals surface area contributed by atoms with Gasteiger partial charge in [0.05, 0.1) is 25.4 Å². The molecule has 2 unspecified atom stereocenters. The number of unbranched alkanes of at least 4 members (excludes halogenated alkanes) is 1. The van der Waals surface area contributed by atoms with Crippen molar-refractivity contribution in [2.24, 2.45) is 0 Å². The number of aliphatic hydroxyl groups is 2. The number of rotatable bonds is 5. The van der Waals surface area contributed by atoms with Crippen LogP contribution in [0.2, 0.25) is 0 Å². The van der Waals surface area contributed by atoms with Gasteiger partial charge in [-0.3, -0.25) is 4.79 Å². The minimum Gasteiger partial charge on any atom is -0.396 e. The van der Waals surface area contributed by atoms with E-state index in [1.54, 1.807) is 4.90 Å². The molecule has 94 valence electrons. The van der Waals surface area contributed by atoms with Crippen molar-refractivity contribution in [2.75, 3.05) is 26.4 Å². The molecular weight excluding hydrogens is 210 g/mol. The Morgan fingerprint density at radius 3 is 2.81 bits per heavy atom. The second kappa shape index (κ2) is 6.83. The van der Waals surface area contributed by atoms with Crippen LogP contribution in [0.25, 0.3) is 0 Å². The summed E-state index contributed by atoms with van der Waals surface area (Å²) in [5.74, 6) is 0.0858. The Bertz CT molecular complexity index is 222. The lowest BCUT2D eigenvalue weighted by Gasteiger charge is -2.37. The molecule has 0 saturated carbocycles. The summed E-state index contributed by atoms with van der Waals surface area (Å²) in [7, 11) is 0. The van der Waals surface area contributed by atoms with Gasteiger partial charge in [0, 0.05) is 19.6 Å².